The van der Waals surface area contributed by atoms with Crippen molar-refractivity contribution in [1.82, 2.24) is 0 Å². The molecule has 25 heavy (non-hydrogen) atoms. The van der Waals surface area contributed by atoms with E-state index in [4.69, 9.17) is 16.2 Å². The quantitative estimate of drug-likeness (QED) is 0.658. The van der Waals surface area contributed by atoms with E-state index in [9.17, 15) is 9.59 Å². The van der Waals surface area contributed by atoms with Gasteiger partial charge in [0.2, 0.25) is 5.91 Å². The summed E-state index contributed by atoms with van der Waals surface area (Å²) in [5.41, 5.74) is 13.7. The number of anilines is 3. The zero-order chi connectivity index (χ0) is 18.4. The van der Waals surface area contributed by atoms with Crippen LogP contribution in [-0.4, -0.2) is 25.3 Å². The fourth-order valence-corrected chi connectivity index (χ4v) is 3.17. The van der Waals surface area contributed by atoms with Crippen LogP contribution in [0.15, 0.2) is 36.4 Å². The first-order chi connectivity index (χ1) is 11.8. The minimum absolute atomic E-state index is 0.0843. The molecule has 0 radical (unpaired) electrons. The molecule has 6 nitrogen and oxygen atoms in total. The molecule has 1 amide bonds. The van der Waals surface area contributed by atoms with E-state index in [-0.39, 0.29) is 18.2 Å². The fraction of sp³-hybridized carbons (Fsp3) is 0.263. The minimum Gasteiger partial charge on any atom is -0.496 e. The van der Waals surface area contributed by atoms with Crippen molar-refractivity contribution in [3.8, 4) is 5.75 Å². The smallest absolute Gasteiger partial charge is 0.237 e. The molecule has 2 aromatic rings. The maximum absolute atomic E-state index is 12.9. The van der Waals surface area contributed by atoms with Crippen LogP contribution in [0.25, 0.3) is 0 Å². The molecule has 0 saturated heterocycles. The Labute approximate surface area is 146 Å². The lowest BCUT2D eigenvalue weighted by molar-refractivity contribution is -0.122. The Hall–Kier alpha value is -3.02. The maximum atomic E-state index is 12.9. The number of hydrogen-bond donors (Lipinski definition) is 2. The van der Waals surface area contributed by atoms with E-state index < -0.39 is 5.41 Å². The Morgan fingerprint density at radius 1 is 1.16 bits per heavy atom. The standard InChI is InChI=1S/C19H21N3O3/c1-19(2)12-8-13(20)14(21)9-15(12)22(18(19)24)10-16(23)11-6-4-5-7-17(11)25-3/h4-9H,10,20-21H2,1-3H3. The molecule has 0 fully saturated rings. The molecule has 1 aliphatic rings. The van der Waals surface area contributed by atoms with Crippen molar-refractivity contribution in [3.05, 3.63) is 47.5 Å². The molecule has 0 bridgehead atoms. The fourth-order valence-electron chi connectivity index (χ4n) is 3.17. The number of rotatable bonds is 4. The van der Waals surface area contributed by atoms with Gasteiger partial charge in [0.15, 0.2) is 5.78 Å². The molecule has 0 aromatic heterocycles. The lowest BCUT2D eigenvalue weighted by Gasteiger charge is -2.20. The second-order valence-corrected chi connectivity index (χ2v) is 6.64. The Balaban J connectivity index is 2.00. The van der Waals surface area contributed by atoms with Crippen LogP contribution in [0.3, 0.4) is 0 Å². The lowest BCUT2D eigenvalue weighted by Crippen LogP contribution is -2.39. The first-order valence-corrected chi connectivity index (χ1v) is 7.95. The van der Waals surface area contributed by atoms with Gasteiger partial charge in [-0.1, -0.05) is 12.1 Å². The number of benzene rings is 2. The molecule has 3 rings (SSSR count). The molecule has 1 aliphatic heterocycles. The first-order valence-electron chi connectivity index (χ1n) is 7.95. The number of carbonyl (C=O) groups is 2. The van der Waals surface area contributed by atoms with E-state index in [2.05, 4.69) is 0 Å². The van der Waals surface area contributed by atoms with Gasteiger partial charge in [-0.2, -0.15) is 0 Å². The Kier molecular flexibility index (Phi) is 3.91. The molecular weight excluding hydrogens is 318 g/mol. The van der Waals surface area contributed by atoms with Crippen LogP contribution < -0.4 is 21.1 Å². The maximum Gasteiger partial charge on any atom is 0.237 e. The molecular formula is C19H21N3O3. The summed E-state index contributed by atoms with van der Waals surface area (Å²) in [4.78, 5) is 27.1. The number of nitrogens with zero attached hydrogens (tertiary/aromatic N) is 1. The number of fused-ring (bicyclic) bond motifs is 1. The largest absolute Gasteiger partial charge is 0.496 e. The number of ether oxygens (including phenoxy) is 1. The molecule has 2 aromatic carbocycles. The third kappa shape index (κ3) is 2.59. The SMILES string of the molecule is COc1ccccc1C(=O)CN1C(=O)C(C)(C)c2cc(N)c(N)cc21. The van der Waals surface area contributed by atoms with Crippen molar-refractivity contribution >= 4 is 28.8 Å². The summed E-state index contributed by atoms with van der Waals surface area (Å²) in [6, 6.07) is 10.3. The van der Waals surface area contributed by atoms with Crippen LogP contribution >= 0.6 is 0 Å². The highest BCUT2D eigenvalue weighted by molar-refractivity contribution is 6.13. The summed E-state index contributed by atoms with van der Waals surface area (Å²) in [6.07, 6.45) is 0. The second kappa shape index (κ2) is 5.81. The van der Waals surface area contributed by atoms with Gasteiger partial charge < -0.3 is 21.1 Å². The normalized spacial score (nSPS) is 15.2. The van der Waals surface area contributed by atoms with Gasteiger partial charge in [-0.3, -0.25) is 9.59 Å². The molecule has 6 heteroatoms. The Bertz CT molecular complexity index is 874. The molecule has 4 N–H and O–H groups in total. The number of Topliss-reactive ketones (excluding diaryl/α,β-unsaturated/α-hetero) is 1. The number of nitrogens with two attached hydrogens (primary N) is 2. The van der Waals surface area contributed by atoms with E-state index in [0.29, 0.717) is 28.4 Å². The molecule has 0 unspecified atom stereocenters. The molecule has 0 atom stereocenters. The third-order valence-electron chi connectivity index (χ3n) is 4.65. The van der Waals surface area contributed by atoms with E-state index in [0.717, 1.165) is 5.56 Å². The molecule has 0 spiro atoms. The minimum atomic E-state index is -0.766. The van der Waals surface area contributed by atoms with Crippen molar-refractivity contribution in [1.29, 1.82) is 0 Å². The van der Waals surface area contributed by atoms with Crippen molar-refractivity contribution in [2.24, 2.45) is 0 Å². The number of hydrogen-bond acceptors (Lipinski definition) is 5. The predicted octanol–water partition coefficient (Wildman–Crippen LogP) is 2.37. The van der Waals surface area contributed by atoms with Gasteiger partial charge in [0.25, 0.3) is 0 Å². The van der Waals surface area contributed by atoms with Gasteiger partial charge in [0.1, 0.15) is 5.75 Å². The van der Waals surface area contributed by atoms with E-state index in [1.165, 1.54) is 12.0 Å². The van der Waals surface area contributed by atoms with E-state index >= 15 is 0 Å². The Morgan fingerprint density at radius 2 is 1.80 bits per heavy atom. The zero-order valence-corrected chi connectivity index (χ0v) is 14.5. The lowest BCUT2D eigenvalue weighted by atomic mass is 9.86. The summed E-state index contributed by atoms with van der Waals surface area (Å²) in [6.45, 7) is 3.55. The van der Waals surface area contributed by atoms with E-state index in [1.54, 1.807) is 36.4 Å². The van der Waals surface area contributed by atoms with Crippen molar-refractivity contribution in [2.45, 2.75) is 19.3 Å². The molecule has 130 valence electrons. The van der Waals surface area contributed by atoms with Crippen LogP contribution in [0.2, 0.25) is 0 Å². The zero-order valence-electron chi connectivity index (χ0n) is 14.5. The van der Waals surface area contributed by atoms with E-state index in [1.807, 2.05) is 13.8 Å². The molecule has 1 heterocycles. The topological polar surface area (TPSA) is 98.6 Å². The second-order valence-electron chi connectivity index (χ2n) is 6.64. The number of carbonyl (C=O) groups excluding carboxylic acids is 2. The van der Waals surface area contributed by atoms with Crippen LogP contribution in [0.1, 0.15) is 29.8 Å². The number of para-hydroxylation sites is 1. The van der Waals surface area contributed by atoms with Crippen molar-refractivity contribution in [2.75, 3.05) is 30.0 Å². The average molecular weight is 339 g/mol. The summed E-state index contributed by atoms with van der Waals surface area (Å²) < 4.78 is 5.24. The molecule has 0 aliphatic carbocycles. The van der Waals surface area contributed by atoms with Gasteiger partial charge in [-0.25, -0.2) is 0 Å². The van der Waals surface area contributed by atoms with Gasteiger partial charge in [0.05, 0.1) is 41.7 Å². The number of methoxy groups -OCH3 is 1. The summed E-state index contributed by atoms with van der Waals surface area (Å²) in [5.74, 6) is 0.121. The van der Waals surface area contributed by atoms with Crippen LogP contribution in [-0.2, 0) is 10.2 Å². The number of ketones is 1. The number of nitrogen functional groups attached to an aromatic ring is 2. The third-order valence-corrected chi connectivity index (χ3v) is 4.65. The van der Waals surface area contributed by atoms with Crippen molar-refractivity contribution < 1.29 is 14.3 Å². The van der Waals surface area contributed by atoms with Gasteiger partial charge in [-0.15, -0.1) is 0 Å². The first kappa shape index (κ1) is 16.8. The van der Waals surface area contributed by atoms with Gasteiger partial charge in [-0.05, 0) is 43.7 Å². The molecule has 0 saturated carbocycles. The Morgan fingerprint density at radius 3 is 2.48 bits per heavy atom. The van der Waals surface area contributed by atoms with Crippen molar-refractivity contribution in [3.63, 3.8) is 0 Å². The van der Waals surface area contributed by atoms with Gasteiger partial charge >= 0.3 is 0 Å². The van der Waals surface area contributed by atoms with Crippen LogP contribution in [0.5, 0.6) is 5.75 Å². The highest BCUT2D eigenvalue weighted by atomic mass is 16.5. The van der Waals surface area contributed by atoms with Crippen LogP contribution in [0.4, 0.5) is 17.1 Å². The highest BCUT2D eigenvalue weighted by Crippen LogP contribution is 2.44. The number of amides is 1. The summed E-state index contributed by atoms with van der Waals surface area (Å²) in [7, 11) is 1.51. The summed E-state index contributed by atoms with van der Waals surface area (Å²) >= 11 is 0. The monoisotopic (exact) mass is 339 g/mol. The highest BCUT2D eigenvalue weighted by Gasteiger charge is 2.45. The predicted molar refractivity (Wildman–Crippen MR) is 98.0 cm³/mol. The van der Waals surface area contributed by atoms with Gasteiger partial charge in [0, 0.05) is 0 Å². The summed E-state index contributed by atoms with van der Waals surface area (Å²) in [5, 5.41) is 0. The average Bonchev–Trinajstić information content (AvgIpc) is 2.76. The van der Waals surface area contributed by atoms with Crippen LogP contribution in [0, 0.1) is 0 Å².